The second kappa shape index (κ2) is 7.06. The first kappa shape index (κ1) is 19.5. The van der Waals surface area contributed by atoms with Crippen LogP contribution >= 0.6 is 0 Å². The van der Waals surface area contributed by atoms with Gasteiger partial charge in [0, 0.05) is 58.9 Å². The van der Waals surface area contributed by atoms with E-state index < -0.39 is 15.5 Å². The van der Waals surface area contributed by atoms with Crippen LogP contribution in [0.3, 0.4) is 0 Å². The van der Waals surface area contributed by atoms with Gasteiger partial charge in [0.15, 0.2) is 0 Å². The van der Waals surface area contributed by atoms with Gasteiger partial charge in [0.2, 0.25) is 15.5 Å². The molecule has 0 unspecified atom stereocenters. The Hall–Kier alpha value is -2.23. The average Bonchev–Trinajstić information content (AvgIpc) is 2.64. The van der Waals surface area contributed by atoms with Crippen LogP contribution in [-0.2, 0) is 17.1 Å². The molecule has 0 N–H and O–H groups in total. The highest BCUT2D eigenvalue weighted by Crippen LogP contribution is 2.19. The van der Waals surface area contributed by atoms with E-state index in [1.54, 1.807) is 22.6 Å². The van der Waals surface area contributed by atoms with Gasteiger partial charge in [-0.1, -0.05) is 0 Å². The third-order valence-electron chi connectivity index (χ3n) is 4.96. The minimum absolute atomic E-state index is 0.0290. The number of likely N-dealkylation sites (N-methyl/N-ethyl adjacent to an activating group) is 1. The third-order valence-corrected chi connectivity index (χ3v) is 6.77. The molecule has 1 aromatic carbocycles. The Morgan fingerprint density at radius 3 is 2.30 bits per heavy atom. The van der Waals surface area contributed by atoms with E-state index in [2.05, 4.69) is 4.90 Å². The number of fused-ring (bicyclic) bond motifs is 1. The summed E-state index contributed by atoms with van der Waals surface area (Å²) in [5.74, 6) is -0.313. The van der Waals surface area contributed by atoms with Crippen LogP contribution in [0.5, 0.6) is 0 Å². The summed E-state index contributed by atoms with van der Waals surface area (Å²) in [5.41, 5.74) is 0.199. The van der Waals surface area contributed by atoms with Crippen LogP contribution in [-0.4, -0.2) is 80.3 Å². The summed E-state index contributed by atoms with van der Waals surface area (Å²) in [5, 5.41) is 0.223. The highest BCUT2D eigenvalue weighted by atomic mass is 32.2. The first-order valence-corrected chi connectivity index (χ1v) is 10.1. The van der Waals surface area contributed by atoms with E-state index in [4.69, 9.17) is 0 Å². The number of sulfonamides is 1. The van der Waals surface area contributed by atoms with Crippen molar-refractivity contribution in [2.75, 3.05) is 47.3 Å². The topological polar surface area (TPSA) is 82.9 Å². The van der Waals surface area contributed by atoms with Crippen LogP contribution in [0.25, 0.3) is 10.9 Å². The summed E-state index contributed by atoms with van der Waals surface area (Å²) in [4.78, 5) is 29.7. The lowest BCUT2D eigenvalue weighted by molar-refractivity contribution is 0.0662. The number of rotatable bonds is 3. The summed E-state index contributed by atoms with van der Waals surface area (Å²) >= 11 is 0. The van der Waals surface area contributed by atoms with E-state index in [0.29, 0.717) is 18.6 Å². The summed E-state index contributed by atoms with van der Waals surface area (Å²) < 4.78 is 27.6. The molecule has 8 nitrogen and oxygen atoms in total. The molecule has 1 aliphatic rings. The molecule has 0 aliphatic carbocycles. The molecule has 1 aromatic heterocycles. The number of aryl methyl sites for hydroxylation is 1. The second-order valence-corrected chi connectivity index (χ2v) is 9.20. The Morgan fingerprint density at radius 2 is 1.70 bits per heavy atom. The molecule has 0 bridgehead atoms. The quantitative estimate of drug-likeness (QED) is 0.744. The molecule has 0 saturated carbocycles. The predicted molar refractivity (Wildman–Crippen MR) is 103 cm³/mol. The number of aromatic nitrogens is 1. The van der Waals surface area contributed by atoms with Crippen molar-refractivity contribution in [3.8, 4) is 0 Å². The van der Waals surface area contributed by atoms with Gasteiger partial charge in [0.1, 0.15) is 5.56 Å². The van der Waals surface area contributed by atoms with Crippen LogP contribution < -0.4 is 5.43 Å². The number of nitrogens with zero attached hydrogens (tertiary/aromatic N) is 4. The maximum absolute atomic E-state index is 13.0. The number of carbonyl (C=O) groups is 1. The van der Waals surface area contributed by atoms with E-state index in [1.807, 2.05) is 7.05 Å². The number of amides is 1. The van der Waals surface area contributed by atoms with Crippen LogP contribution in [0.15, 0.2) is 34.1 Å². The molecule has 1 amide bonds. The molecule has 1 aliphatic heterocycles. The number of pyridine rings is 1. The predicted octanol–water partition coefficient (Wildman–Crippen LogP) is 0.176. The average molecular weight is 392 g/mol. The van der Waals surface area contributed by atoms with Crippen molar-refractivity contribution in [2.45, 2.75) is 4.90 Å². The fourth-order valence-corrected chi connectivity index (χ4v) is 4.10. The van der Waals surface area contributed by atoms with Gasteiger partial charge in [0.05, 0.1) is 10.4 Å². The van der Waals surface area contributed by atoms with Gasteiger partial charge in [-0.2, -0.15) is 0 Å². The van der Waals surface area contributed by atoms with Gasteiger partial charge in [-0.25, -0.2) is 12.7 Å². The first-order chi connectivity index (χ1) is 12.6. The molecule has 27 heavy (non-hydrogen) atoms. The fourth-order valence-electron chi connectivity index (χ4n) is 3.17. The largest absolute Gasteiger partial charge is 0.350 e. The summed E-state index contributed by atoms with van der Waals surface area (Å²) in [7, 11) is 2.93. The van der Waals surface area contributed by atoms with Crippen LogP contribution in [0, 0.1) is 0 Å². The Morgan fingerprint density at radius 1 is 1.07 bits per heavy atom. The van der Waals surface area contributed by atoms with Gasteiger partial charge in [0.25, 0.3) is 5.91 Å². The Labute approximate surface area is 158 Å². The molecule has 0 spiro atoms. The Balaban J connectivity index is 2.12. The molecule has 2 heterocycles. The molecule has 9 heteroatoms. The standard InChI is InChI=1S/C18H24N4O4S/c1-19(2)27(25,26)13-5-6-16-14(11-13)17(23)15(12-21(16)4)18(24)22-9-7-20(3)8-10-22/h5-6,11-12H,7-10H2,1-4H3. The van der Waals surface area contributed by atoms with E-state index >= 15 is 0 Å². The minimum atomic E-state index is -3.67. The van der Waals surface area contributed by atoms with E-state index in [1.165, 1.54) is 32.4 Å². The Kier molecular flexibility index (Phi) is 5.11. The monoisotopic (exact) mass is 392 g/mol. The van der Waals surface area contributed by atoms with E-state index in [-0.39, 0.29) is 21.8 Å². The molecule has 3 rings (SSSR count). The van der Waals surface area contributed by atoms with Crippen molar-refractivity contribution in [1.29, 1.82) is 0 Å². The number of piperazine rings is 1. The van der Waals surface area contributed by atoms with Crippen molar-refractivity contribution in [3.63, 3.8) is 0 Å². The summed E-state index contributed by atoms with van der Waals surface area (Å²) in [6.07, 6.45) is 1.53. The van der Waals surface area contributed by atoms with Gasteiger partial charge in [-0.15, -0.1) is 0 Å². The molecular weight excluding hydrogens is 368 g/mol. The van der Waals surface area contributed by atoms with Crippen molar-refractivity contribution >= 4 is 26.8 Å². The highest BCUT2D eigenvalue weighted by Gasteiger charge is 2.25. The number of hydrogen-bond acceptors (Lipinski definition) is 5. The number of carbonyl (C=O) groups excluding carboxylic acids is 1. The third kappa shape index (κ3) is 3.50. The molecule has 146 valence electrons. The summed E-state index contributed by atoms with van der Waals surface area (Å²) in [6.45, 7) is 2.63. The maximum Gasteiger partial charge on any atom is 0.259 e. The SMILES string of the molecule is CN1CCN(C(=O)c2cn(C)c3ccc(S(=O)(=O)N(C)C)cc3c2=O)CC1. The van der Waals surface area contributed by atoms with Crippen LogP contribution in [0.2, 0.25) is 0 Å². The van der Waals surface area contributed by atoms with Gasteiger partial charge in [-0.3, -0.25) is 9.59 Å². The molecule has 0 atom stereocenters. The first-order valence-electron chi connectivity index (χ1n) is 8.66. The Bertz CT molecular complexity index is 1050. The fraction of sp³-hybridized carbons (Fsp3) is 0.444. The van der Waals surface area contributed by atoms with Crippen molar-refractivity contribution in [3.05, 3.63) is 40.2 Å². The molecule has 2 aromatic rings. The molecule has 1 fully saturated rings. The number of benzene rings is 1. The van der Waals surface area contributed by atoms with Crippen molar-refractivity contribution in [1.82, 2.24) is 18.7 Å². The number of hydrogen-bond donors (Lipinski definition) is 0. The van der Waals surface area contributed by atoms with Gasteiger partial charge < -0.3 is 14.4 Å². The smallest absolute Gasteiger partial charge is 0.259 e. The highest BCUT2D eigenvalue weighted by molar-refractivity contribution is 7.89. The van der Waals surface area contributed by atoms with Gasteiger partial charge in [-0.05, 0) is 25.2 Å². The van der Waals surface area contributed by atoms with Crippen LogP contribution in [0.1, 0.15) is 10.4 Å². The van der Waals surface area contributed by atoms with E-state index in [9.17, 15) is 18.0 Å². The van der Waals surface area contributed by atoms with E-state index in [0.717, 1.165) is 17.4 Å². The minimum Gasteiger partial charge on any atom is -0.350 e. The van der Waals surface area contributed by atoms with Gasteiger partial charge >= 0.3 is 0 Å². The molecule has 0 radical (unpaired) electrons. The van der Waals surface area contributed by atoms with Crippen LogP contribution in [0.4, 0.5) is 0 Å². The lowest BCUT2D eigenvalue weighted by atomic mass is 10.1. The lowest BCUT2D eigenvalue weighted by Crippen LogP contribution is -2.48. The van der Waals surface area contributed by atoms with Crippen molar-refractivity contribution < 1.29 is 13.2 Å². The maximum atomic E-state index is 13.0. The lowest BCUT2D eigenvalue weighted by Gasteiger charge is -2.32. The molecular formula is C18H24N4O4S. The molecule has 1 saturated heterocycles. The van der Waals surface area contributed by atoms with Crippen molar-refractivity contribution in [2.24, 2.45) is 7.05 Å². The zero-order valence-corrected chi connectivity index (χ0v) is 16.8. The zero-order chi connectivity index (χ0) is 19.9. The second-order valence-electron chi connectivity index (χ2n) is 7.04. The normalized spacial score (nSPS) is 16.3. The summed E-state index contributed by atoms with van der Waals surface area (Å²) in [6, 6.07) is 4.42. The zero-order valence-electron chi connectivity index (χ0n) is 16.0.